The molecule has 2 amide bonds. The smallest absolute Gasteiger partial charge is 0.248 e. The summed E-state index contributed by atoms with van der Waals surface area (Å²) in [5.41, 5.74) is 8.17. The van der Waals surface area contributed by atoms with Gasteiger partial charge >= 0.3 is 0 Å². The first-order valence-electron chi connectivity index (χ1n) is 7.83. The number of carbonyl (C=O) groups is 2. The number of carbonyl (C=O) groups excluding carboxylic acids is 2. The van der Waals surface area contributed by atoms with Crippen molar-refractivity contribution in [2.45, 2.75) is 13.3 Å². The molecule has 2 aromatic rings. The van der Waals surface area contributed by atoms with Crippen molar-refractivity contribution in [3.05, 3.63) is 65.5 Å². The van der Waals surface area contributed by atoms with Gasteiger partial charge < -0.3 is 16.4 Å². The molecular weight excluding hydrogens is 321 g/mol. The molecule has 2 aromatic carbocycles. The molecule has 6 heteroatoms. The monoisotopic (exact) mass is 341 g/mol. The molecule has 0 aliphatic carbocycles. The standard InChI is InChI=1S/C19H20FN3O2/c1-13-12-16(22-19(25)10-11-21)7-8-17(13)23-18(24)9-4-14-2-5-15(20)6-3-14/h2-9,12H,10-11,21H2,1H3,(H,22,25)(H,23,24)/b9-4+. The van der Waals surface area contributed by atoms with Crippen LogP contribution >= 0.6 is 0 Å². The summed E-state index contributed by atoms with van der Waals surface area (Å²) >= 11 is 0. The largest absolute Gasteiger partial charge is 0.330 e. The number of rotatable bonds is 6. The lowest BCUT2D eigenvalue weighted by molar-refractivity contribution is -0.116. The summed E-state index contributed by atoms with van der Waals surface area (Å²) in [6.45, 7) is 2.12. The van der Waals surface area contributed by atoms with Gasteiger partial charge in [-0.2, -0.15) is 0 Å². The number of hydrogen-bond donors (Lipinski definition) is 3. The van der Waals surface area contributed by atoms with Crippen molar-refractivity contribution in [1.82, 2.24) is 0 Å². The van der Waals surface area contributed by atoms with Crippen LogP contribution in [0.25, 0.3) is 6.08 Å². The molecule has 5 nitrogen and oxygen atoms in total. The lowest BCUT2D eigenvalue weighted by Gasteiger charge is -2.10. The minimum Gasteiger partial charge on any atom is -0.330 e. The number of anilines is 2. The maximum atomic E-state index is 12.8. The van der Waals surface area contributed by atoms with Crippen LogP contribution in [0.15, 0.2) is 48.5 Å². The number of aryl methyl sites for hydroxylation is 1. The molecule has 0 saturated heterocycles. The Kier molecular flexibility index (Phi) is 6.42. The van der Waals surface area contributed by atoms with Crippen LogP contribution in [0.4, 0.5) is 15.8 Å². The topological polar surface area (TPSA) is 84.2 Å². The molecule has 0 atom stereocenters. The third-order valence-electron chi connectivity index (χ3n) is 3.44. The van der Waals surface area contributed by atoms with Gasteiger partial charge in [0.15, 0.2) is 0 Å². The molecule has 4 N–H and O–H groups in total. The Morgan fingerprint density at radius 2 is 1.84 bits per heavy atom. The van der Waals surface area contributed by atoms with E-state index in [1.807, 2.05) is 6.92 Å². The van der Waals surface area contributed by atoms with E-state index in [4.69, 9.17) is 5.73 Å². The maximum absolute atomic E-state index is 12.8. The molecule has 0 aliphatic heterocycles. The predicted molar refractivity (Wildman–Crippen MR) is 97.5 cm³/mol. The van der Waals surface area contributed by atoms with E-state index in [1.165, 1.54) is 18.2 Å². The second-order valence-electron chi connectivity index (χ2n) is 5.49. The number of nitrogens with one attached hydrogen (secondary N) is 2. The van der Waals surface area contributed by atoms with Gasteiger partial charge in [-0.05, 0) is 54.5 Å². The minimum atomic E-state index is -0.323. The Morgan fingerprint density at radius 1 is 1.12 bits per heavy atom. The molecule has 130 valence electrons. The van der Waals surface area contributed by atoms with Crippen LogP contribution in [-0.2, 0) is 9.59 Å². The zero-order valence-electron chi connectivity index (χ0n) is 13.9. The highest BCUT2D eigenvalue weighted by Gasteiger charge is 2.05. The van der Waals surface area contributed by atoms with Crippen LogP contribution in [0, 0.1) is 12.7 Å². The van der Waals surface area contributed by atoms with Gasteiger partial charge in [0.1, 0.15) is 5.82 Å². The van der Waals surface area contributed by atoms with E-state index in [0.717, 1.165) is 11.1 Å². The van der Waals surface area contributed by atoms with Gasteiger partial charge in [0.2, 0.25) is 11.8 Å². The molecule has 0 fully saturated rings. The zero-order valence-corrected chi connectivity index (χ0v) is 13.9. The van der Waals surface area contributed by atoms with Crippen LogP contribution in [0.2, 0.25) is 0 Å². The highest BCUT2D eigenvalue weighted by Crippen LogP contribution is 2.20. The van der Waals surface area contributed by atoms with E-state index >= 15 is 0 Å². The van der Waals surface area contributed by atoms with Crippen molar-refractivity contribution in [2.75, 3.05) is 17.2 Å². The molecule has 25 heavy (non-hydrogen) atoms. The van der Waals surface area contributed by atoms with Crippen molar-refractivity contribution in [1.29, 1.82) is 0 Å². The highest BCUT2D eigenvalue weighted by atomic mass is 19.1. The molecule has 0 bridgehead atoms. The first-order chi connectivity index (χ1) is 12.0. The molecule has 0 saturated carbocycles. The van der Waals surface area contributed by atoms with Crippen molar-refractivity contribution in [3.63, 3.8) is 0 Å². The number of nitrogens with two attached hydrogens (primary N) is 1. The van der Waals surface area contributed by atoms with Crippen molar-refractivity contribution >= 4 is 29.3 Å². The number of halogens is 1. The second-order valence-corrected chi connectivity index (χ2v) is 5.49. The fraction of sp³-hybridized carbons (Fsp3) is 0.158. The third-order valence-corrected chi connectivity index (χ3v) is 3.44. The molecule has 0 unspecified atom stereocenters. The Bertz CT molecular complexity index is 786. The molecule has 0 radical (unpaired) electrons. The van der Waals surface area contributed by atoms with E-state index < -0.39 is 0 Å². The van der Waals surface area contributed by atoms with Crippen molar-refractivity contribution < 1.29 is 14.0 Å². The summed E-state index contributed by atoms with van der Waals surface area (Å²) in [7, 11) is 0. The van der Waals surface area contributed by atoms with Crippen LogP contribution in [0.1, 0.15) is 17.5 Å². The van der Waals surface area contributed by atoms with E-state index in [-0.39, 0.29) is 24.1 Å². The predicted octanol–water partition coefficient (Wildman–Crippen LogP) is 3.07. The Morgan fingerprint density at radius 3 is 2.48 bits per heavy atom. The van der Waals surface area contributed by atoms with Crippen LogP contribution in [0.3, 0.4) is 0 Å². The fourth-order valence-corrected chi connectivity index (χ4v) is 2.16. The fourth-order valence-electron chi connectivity index (χ4n) is 2.16. The molecule has 0 heterocycles. The van der Waals surface area contributed by atoms with Crippen LogP contribution < -0.4 is 16.4 Å². The molecule has 0 aliphatic rings. The van der Waals surface area contributed by atoms with Crippen LogP contribution in [-0.4, -0.2) is 18.4 Å². The average Bonchev–Trinajstić information content (AvgIpc) is 2.57. The van der Waals surface area contributed by atoms with E-state index in [1.54, 1.807) is 36.4 Å². The Hall–Kier alpha value is -2.99. The van der Waals surface area contributed by atoms with Gasteiger partial charge in [0.25, 0.3) is 0 Å². The van der Waals surface area contributed by atoms with E-state index in [2.05, 4.69) is 10.6 Å². The first-order valence-corrected chi connectivity index (χ1v) is 7.83. The number of amides is 2. The van der Waals surface area contributed by atoms with E-state index in [0.29, 0.717) is 17.9 Å². The summed E-state index contributed by atoms with van der Waals surface area (Å²) in [5, 5.41) is 5.50. The SMILES string of the molecule is Cc1cc(NC(=O)CCN)ccc1NC(=O)/C=C/c1ccc(F)cc1. The summed E-state index contributed by atoms with van der Waals surface area (Å²) in [6, 6.07) is 11.0. The van der Waals surface area contributed by atoms with Gasteiger partial charge in [-0.1, -0.05) is 12.1 Å². The molecule has 0 spiro atoms. The lowest BCUT2D eigenvalue weighted by Crippen LogP contribution is -2.16. The van der Waals surface area contributed by atoms with Crippen LogP contribution in [0.5, 0.6) is 0 Å². The second kappa shape index (κ2) is 8.75. The quantitative estimate of drug-likeness (QED) is 0.706. The van der Waals surface area contributed by atoms with Gasteiger partial charge in [0, 0.05) is 30.4 Å². The van der Waals surface area contributed by atoms with Gasteiger partial charge in [-0.25, -0.2) is 4.39 Å². The minimum absolute atomic E-state index is 0.152. The van der Waals surface area contributed by atoms with Gasteiger partial charge in [-0.3, -0.25) is 9.59 Å². The summed E-state index contributed by atoms with van der Waals surface area (Å²) in [6.07, 6.45) is 3.24. The highest BCUT2D eigenvalue weighted by molar-refractivity contribution is 6.02. The third kappa shape index (κ3) is 5.86. The lowest BCUT2D eigenvalue weighted by atomic mass is 10.1. The zero-order chi connectivity index (χ0) is 18.2. The van der Waals surface area contributed by atoms with Gasteiger partial charge in [0.05, 0.1) is 0 Å². The maximum Gasteiger partial charge on any atom is 0.248 e. The van der Waals surface area contributed by atoms with Crippen molar-refractivity contribution in [2.24, 2.45) is 5.73 Å². The summed E-state index contributed by atoms with van der Waals surface area (Å²) in [5.74, 6) is -0.774. The number of benzene rings is 2. The summed E-state index contributed by atoms with van der Waals surface area (Å²) in [4.78, 5) is 23.5. The van der Waals surface area contributed by atoms with Crippen molar-refractivity contribution in [3.8, 4) is 0 Å². The average molecular weight is 341 g/mol. The normalized spacial score (nSPS) is 10.7. The first kappa shape index (κ1) is 18.4. The Labute approximate surface area is 145 Å². The molecular formula is C19H20FN3O2. The number of hydrogen-bond acceptors (Lipinski definition) is 3. The summed E-state index contributed by atoms with van der Waals surface area (Å²) < 4.78 is 12.8. The molecule has 0 aromatic heterocycles. The Balaban J connectivity index is 1.98. The van der Waals surface area contributed by atoms with Gasteiger partial charge in [-0.15, -0.1) is 0 Å². The van der Waals surface area contributed by atoms with E-state index in [9.17, 15) is 14.0 Å². The molecule has 2 rings (SSSR count).